The lowest BCUT2D eigenvalue weighted by atomic mass is 9.87. The Labute approximate surface area is 181 Å². The molecule has 7 heteroatoms. The van der Waals surface area contributed by atoms with Gasteiger partial charge in [-0.15, -0.1) is 6.58 Å². The van der Waals surface area contributed by atoms with Gasteiger partial charge in [-0.05, 0) is 12.0 Å². The van der Waals surface area contributed by atoms with Crippen molar-refractivity contribution in [3.63, 3.8) is 0 Å². The van der Waals surface area contributed by atoms with E-state index in [0.717, 1.165) is 5.56 Å². The summed E-state index contributed by atoms with van der Waals surface area (Å²) in [7, 11) is 1.27. The zero-order valence-corrected chi connectivity index (χ0v) is 17.7. The Kier molecular flexibility index (Phi) is 9.54. The van der Waals surface area contributed by atoms with Crippen molar-refractivity contribution in [1.29, 1.82) is 5.41 Å². The number of aliphatic imine (C=N–C) groups is 1. The molecule has 156 valence electrons. The van der Waals surface area contributed by atoms with Crippen molar-refractivity contribution in [3.05, 3.63) is 84.4 Å². The Balaban J connectivity index is 2.22. The maximum Gasteiger partial charge on any atom is 0.412 e. The van der Waals surface area contributed by atoms with E-state index in [1.165, 1.54) is 18.9 Å². The first-order valence-electron chi connectivity index (χ1n) is 9.38. The molecule has 1 amide bonds. The maximum absolute atomic E-state index is 13.1. The number of rotatable bonds is 9. The number of Topliss-reactive ketones (excluding diaryl/α,β-unsaturated/α-hetero) is 1. The van der Waals surface area contributed by atoms with Crippen molar-refractivity contribution in [2.75, 3.05) is 19.4 Å². The average Bonchev–Trinajstić information content (AvgIpc) is 2.79. The zero-order valence-electron chi connectivity index (χ0n) is 16.8. The van der Waals surface area contributed by atoms with Crippen molar-refractivity contribution < 1.29 is 14.3 Å². The molecule has 0 fully saturated rings. The highest BCUT2D eigenvalue weighted by molar-refractivity contribution is 8.14. The fourth-order valence-corrected chi connectivity index (χ4v) is 3.28. The van der Waals surface area contributed by atoms with Gasteiger partial charge in [0.15, 0.2) is 11.0 Å². The molecule has 0 aliphatic carbocycles. The summed E-state index contributed by atoms with van der Waals surface area (Å²) in [6, 6.07) is 18.6. The van der Waals surface area contributed by atoms with Crippen LogP contribution in [0.1, 0.15) is 15.9 Å². The summed E-state index contributed by atoms with van der Waals surface area (Å²) in [6.07, 6.45) is 1.45. The first-order valence-corrected chi connectivity index (χ1v) is 10.4. The van der Waals surface area contributed by atoms with E-state index in [2.05, 4.69) is 21.6 Å². The number of benzene rings is 2. The van der Waals surface area contributed by atoms with Crippen LogP contribution in [-0.4, -0.2) is 42.2 Å². The van der Waals surface area contributed by atoms with Crippen molar-refractivity contribution in [2.45, 2.75) is 6.42 Å². The van der Waals surface area contributed by atoms with Crippen LogP contribution in [0.15, 0.2) is 78.3 Å². The quantitative estimate of drug-likeness (QED) is 0.271. The van der Waals surface area contributed by atoms with Gasteiger partial charge in [0.25, 0.3) is 0 Å². The van der Waals surface area contributed by atoms with Crippen molar-refractivity contribution in [2.24, 2.45) is 10.9 Å². The van der Waals surface area contributed by atoms with Gasteiger partial charge in [0.1, 0.15) is 0 Å². The van der Waals surface area contributed by atoms with Gasteiger partial charge >= 0.3 is 6.09 Å². The number of hydrogen-bond acceptors (Lipinski definition) is 6. The SMILES string of the molecule is C=CCSC(=NCC(=N)C(Cc1ccccc1)C(=O)c1ccccc1)NC(=O)OC. The lowest BCUT2D eigenvalue weighted by Gasteiger charge is -2.17. The second-order valence-corrected chi connectivity index (χ2v) is 7.34. The van der Waals surface area contributed by atoms with E-state index in [0.29, 0.717) is 22.9 Å². The Morgan fingerprint density at radius 2 is 1.80 bits per heavy atom. The molecule has 6 nitrogen and oxygen atoms in total. The summed E-state index contributed by atoms with van der Waals surface area (Å²) in [5, 5.41) is 11.4. The highest BCUT2D eigenvalue weighted by Crippen LogP contribution is 2.17. The molecular formula is C23H25N3O3S. The number of carbonyl (C=O) groups is 2. The molecular weight excluding hydrogens is 398 g/mol. The fourth-order valence-electron chi connectivity index (χ4n) is 2.69. The Morgan fingerprint density at radius 3 is 2.40 bits per heavy atom. The summed E-state index contributed by atoms with van der Waals surface area (Å²) in [5.74, 6) is -0.241. The van der Waals surface area contributed by atoms with E-state index in [1.54, 1.807) is 30.3 Å². The molecule has 0 saturated heterocycles. The number of ketones is 1. The topological polar surface area (TPSA) is 91.6 Å². The van der Waals surface area contributed by atoms with Crippen molar-refractivity contribution in [3.8, 4) is 0 Å². The number of thioether (sulfide) groups is 1. The number of ether oxygens (including phenoxy) is 1. The molecule has 2 rings (SSSR count). The summed E-state index contributed by atoms with van der Waals surface area (Å²) in [5.41, 5.74) is 1.70. The molecule has 2 N–H and O–H groups in total. The fraction of sp³-hybridized carbons (Fsp3) is 0.217. The van der Waals surface area contributed by atoms with Crippen molar-refractivity contribution >= 4 is 34.5 Å². The van der Waals surface area contributed by atoms with E-state index >= 15 is 0 Å². The maximum atomic E-state index is 13.1. The van der Waals surface area contributed by atoms with Crippen LogP contribution in [0.4, 0.5) is 4.79 Å². The number of alkyl carbamates (subject to hydrolysis) is 1. The van der Waals surface area contributed by atoms with E-state index in [9.17, 15) is 9.59 Å². The molecule has 1 atom stereocenters. The molecule has 0 radical (unpaired) electrons. The predicted molar refractivity (Wildman–Crippen MR) is 123 cm³/mol. The molecule has 0 bridgehead atoms. The van der Waals surface area contributed by atoms with E-state index < -0.39 is 12.0 Å². The van der Waals surface area contributed by atoms with Crippen molar-refractivity contribution in [1.82, 2.24) is 5.32 Å². The van der Waals surface area contributed by atoms with Gasteiger partial charge in [0.2, 0.25) is 0 Å². The minimum Gasteiger partial charge on any atom is -0.453 e. The first-order chi connectivity index (χ1) is 14.5. The molecule has 0 aliphatic rings. The molecule has 1 unspecified atom stereocenters. The van der Waals surface area contributed by atoms with Crippen LogP contribution in [0, 0.1) is 11.3 Å². The molecule has 2 aromatic rings. The molecule has 0 spiro atoms. The molecule has 30 heavy (non-hydrogen) atoms. The van der Waals surface area contributed by atoms with Crippen LogP contribution in [-0.2, 0) is 11.2 Å². The van der Waals surface area contributed by atoms with Crippen LogP contribution in [0.3, 0.4) is 0 Å². The van der Waals surface area contributed by atoms with Gasteiger partial charge in [0, 0.05) is 17.0 Å². The molecule has 0 aromatic heterocycles. The largest absolute Gasteiger partial charge is 0.453 e. The van der Waals surface area contributed by atoms with Crippen LogP contribution in [0.2, 0.25) is 0 Å². The minimum atomic E-state index is -0.651. The summed E-state index contributed by atoms with van der Waals surface area (Å²) in [4.78, 5) is 29.0. The van der Waals surface area contributed by atoms with E-state index in [-0.39, 0.29) is 18.0 Å². The third-order valence-electron chi connectivity index (χ3n) is 4.20. The molecule has 0 heterocycles. The molecule has 0 saturated carbocycles. The van der Waals surface area contributed by atoms with Gasteiger partial charge < -0.3 is 10.1 Å². The number of carbonyl (C=O) groups excluding carboxylic acids is 2. The number of amides is 1. The standard InChI is InChI=1S/C23H25N3O3S/c1-3-14-30-22(26-23(28)29-2)25-16-20(24)19(15-17-10-6-4-7-11-17)21(27)18-12-8-5-9-13-18/h3-13,19,24H,1,14-16H2,2H3,(H,25,26,28). The zero-order chi connectivity index (χ0) is 21.8. The Morgan fingerprint density at radius 1 is 1.17 bits per heavy atom. The molecule has 0 aliphatic heterocycles. The monoisotopic (exact) mass is 423 g/mol. The summed E-state index contributed by atoms with van der Waals surface area (Å²) >= 11 is 1.27. The highest BCUT2D eigenvalue weighted by atomic mass is 32.2. The van der Waals surface area contributed by atoms with Gasteiger partial charge in [-0.3, -0.25) is 15.1 Å². The minimum absolute atomic E-state index is 0.0143. The van der Waals surface area contributed by atoms with Crippen LogP contribution in [0.25, 0.3) is 0 Å². The number of methoxy groups -OCH3 is 1. The van der Waals surface area contributed by atoms with Crippen LogP contribution < -0.4 is 5.32 Å². The average molecular weight is 424 g/mol. The third kappa shape index (κ3) is 7.33. The highest BCUT2D eigenvalue weighted by Gasteiger charge is 2.25. The summed E-state index contributed by atoms with van der Waals surface area (Å²) < 4.78 is 4.61. The number of hydrogen-bond donors (Lipinski definition) is 2. The lowest BCUT2D eigenvalue weighted by molar-refractivity contribution is 0.0953. The first kappa shape index (κ1) is 23.1. The predicted octanol–water partition coefficient (Wildman–Crippen LogP) is 4.38. The smallest absolute Gasteiger partial charge is 0.412 e. The van der Waals surface area contributed by atoms with Gasteiger partial charge in [-0.2, -0.15) is 0 Å². The lowest BCUT2D eigenvalue weighted by Crippen LogP contribution is -2.31. The normalized spacial score (nSPS) is 12.0. The number of nitrogens with one attached hydrogen (secondary N) is 2. The Bertz CT molecular complexity index is 898. The Hall–Kier alpha value is -3.19. The van der Waals surface area contributed by atoms with E-state index in [1.807, 2.05) is 36.4 Å². The second kappa shape index (κ2) is 12.4. The van der Waals surface area contributed by atoms with Gasteiger partial charge in [-0.25, -0.2) is 4.79 Å². The van der Waals surface area contributed by atoms with E-state index in [4.69, 9.17) is 5.41 Å². The second-order valence-electron chi connectivity index (χ2n) is 6.34. The van der Waals surface area contributed by atoms with Gasteiger partial charge in [-0.1, -0.05) is 78.5 Å². The molecule has 2 aromatic carbocycles. The number of nitrogens with zero attached hydrogens (tertiary/aromatic N) is 1. The number of amidine groups is 1. The van der Waals surface area contributed by atoms with Crippen LogP contribution >= 0.6 is 11.8 Å². The summed E-state index contributed by atoms with van der Waals surface area (Å²) in [6.45, 7) is 3.64. The van der Waals surface area contributed by atoms with Crippen LogP contribution in [0.5, 0.6) is 0 Å². The third-order valence-corrected chi connectivity index (χ3v) is 5.11. The van der Waals surface area contributed by atoms with Gasteiger partial charge in [0.05, 0.1) is 19.6 Å².